The number of carbonyl (C=O) groups is 1. The van der Waals surface area contributed by atoms with Crippen molar-refractivity contribution in [3.63, 3.8) is 0 Å². The molecule has 7 atom stereocenters. The van der Waals surface area contributed by atoms with Gasteiger partial charge in [-0.2, -0.15) is 0 Å². The SMILES string of the molecule is C=C1C(=CC=C2CCC[C@]3(C)[C@@H]([C@H](C)[C@@H](O)CCC4(C(=O)CCCCCCCCC)CC4)CC[C@@H]23)C[C@@H](O)C[C@@H]1O. The van der Waals surface area contributed by atoms with E-state index in [1.54, 1.807) is 0 Å². The molecule has 3 N–H and O–H groups in total. The van der Waals surface area contributed by atoms with Crippen LogP contribution in [0, 0.1) is 28.6 Å². The molecule has 0 amide bonds. The van der Waals surface area contributed by atoms with Crippen LogP contribution in [0.5, 0.6) is 0 Å². The Morgan fingerprint density at radius 1 is 1.05 bits per heavy atom. The van der Waals surface area contributed by atoms with E-state index in [0.29, 0.717) is 30.5 Å². The number of unbranched alkanes of at least 4 members (excludes halogenated alkanes) is 6. The highest BCUT2D eigenvalue weighted by Gasteiger charge is 2.53. The van der Waals surface area contributed by atoms with Crippen LogP contribution in [0.2, 0.25) is 0 Å². The topological polar surface area (TPSA) is 77.8 Å². The first-order valence-corrected chi connectivity index (χ1v) is 17.3. The summed E-state index contributed by atoms with van der Waals surface area (Å²) in [5.74, 6) is 1.72. The lowest BCUT2D eigenvalue weighted by atomic mass is 9.60. The Morgan fingerprint density at radius 3 is 2.46 bits per heavy atom. The number of aliphatic hydroxyl groups is 3. The maximum atomic E-state index is 13.1. The van der Waals surface area contributed by atoms with E-state index >= 15 is 0 Å². The third-order valence-corrected chi connectivity index (χ3v) is 11.9. The largest absolute Gasteiger partial charge is 0.393 e. The van der Waals surface area contributed by atoms with Gasteiger partial charge in [0.25, 0.3) is 0 Å². The summed E-state index contributed by atoms with van der Waals surface area (Å²) in [4.78, 5) is 13.1. The van der Waals surface area contributed by atoms with E-state index in [0.717, 1.165) is 62.5 Å². The van der Waals surface area contributed by atoms with Crippen LogP contribution in [0.3, 0.4) is 0 Å². The van der Waals surface area contributed by atoms with Crippen molar-refractivity contribution in [3.8, 4) is 0 Å². The highest BCUT2D eigenvalue weighted by molar-refractivity contribution is 5.87. The number of ketones is 1. The van der Waals surface area contributed by atoms with Crippen molar-refractivity contribution >= 4 is 5.78 Å². The Morgan fingerprint density at radius 2 is 1.76 bits per heavy atom. The lowest BCUT2D eigenvalue weighted by Crippen LogP contribution is -2.39. The van der Waals surface area contributed by atoms with Crippen molar-refractivity contribution in [3.05, 3.63) is 35.5 Å². The summed E-state index contributed by atoms with van der Waals surface area (Å²) in [7, 11) is 0. The number of allylic oxidation sites excluding steroid dienone is 3. The average Bonchev–Trinajstić information content (AvgIpc) is 3.66. The summed E-state index contributed by atoms with van der Waals surface area (Å²) >= 11 is 0. The Balaban J connectivity index is 1.29. The van der Waals surface area contributed by atoms with Crippen molar-refractivity contribution in [2.75, 3.05) is 0 Å². The molecular weight excluding hydrogens is 508 g/mol. The van der Waals surface area contributed by atoms with Gasteiger partial charge in [-0.15, -0.1) is 0 Å². The fraction of sp³-hybridized carbons (Fsp3) is 0.811. The second kappa shape index (κ2) is 14.5. The Labute approximate surface area is 250 Å². The average molecular weight is 569 g/mol. The Hall–Kier alpha value is -1.23. The lowest BCUT2D eigenvalue weighted by molar-refractivity contribution is -0.124. The molecule has 0 spiro atoms. The van der Waals surface area contributed by atoms with E-state index in [-0.39, 0.29) is 22.9 Å². The van der Waals surface area contributed by atoms with Crippen molar-refractivity contribution in [2.45, 2.75) is 161 Å². The zero-order valence-corrected chi connectivity index (χ0v) is 26.5. The van der Waals surface area contributed by atoms with Crippen LogP contribution in [0.4, 0.5) is 0 Å². The van der Waals surface area contributed by atoms with Gasteiger partial charge in [-0.1, -0.05) is 83.6 Å². The van der Waals surface area contributed by atoms with Crippen LogP contribution in [0.15, 0.2) is 35.5 Å². The number of rotatable bonds is 15. The van der Waals surface area contributed by atoms with E-state index in [2.05, 4.69) is 39.5 Å². The predicted molar refractivity (Wildman–Crippen MR) is 168 cm³/mol. The van der Waals surface area contributed by atoms with Crippen LogP contribution in [0.1, 0.15) is 143 Å². The summed E-state index contributed by atoms with van der Waals surface area (Å²) in [6, 6.07) is 0. The molecule has 4 nitrogen and oxygen atoms in total. The minimum Gasteiger partial charge on any atom is -0.393 e. The third kappa shape index (κ3) is 7.84. The number of Topliss-reactive ketones (excluding diaryl/α,β-unsaturated/α-hetero) is 1. The maximum absolute atomic E-state index is 13.1. The number of fused-ring (bicyclic) bond motifs is 1. The molecule has 4 saturated carbocycles. The van der Waals surface area contributed by atoms with E-state index < -0.39 is 12.2 Å². The third-order valence-electron chi connectivity index (χ3n) is 11.9. The predicted octanol–water partition coefficient (Wildman–Crippen LogP) is 8.39. The van der Waals surface area contributed by atoms with E-state index in [1.165, 1.54) is 63.4 Å². The van der Waals surface area contributed by atoms with E-state index in [9.17, 15) is 20.1 Å². The molecule has 4 aliphatic rings. The summed E-state index contributed by atoms with van der Waals surface area (Å²) < 4.78 is 0. The molecule has 0 aromatic rings. The van der Waals surface area contributed by atoms with Gasteiger partial charge in [-0.3, -0.25) is 4.79 Å². The molecule has 0 radical (unpaired) electrons. The number of hydrogen-bond donors (Lipinski definition) is 3. The molecule has 0 unspecified atom stereocenters. The van der Waals surface area contributed by atoms with Gasteiger partial charge in [-0.05, 0) is 105 Å². The van der Waals surface area contributed by atoms with Gasteiger partial charge in [-0.25, -0.2) is 0 Å². The van der Waals surface area contributed by atoms with Crippen LogP contribution in [-0.4, -0.2) is 39.4 Å². The van der Waals surface area contributed by atoms with Gasteiger partial charge in [0.15, 0.2) is 0 Å². The molecule has 4 rings (SSSR count). The first kappa shape index (κ1) is 32.7. The molecular formula is C37H60O4. The molecule has 0 bridgehead atoms. The van der Waals surface area contributed by atoms with Gasteiger partial charge in [0.2, 0.25) is 0 Å². The van der Waals surface area contributed by atoms with Gasteiger partial charge >= 0.3 is 0 Å². The highest BCUT2D eigenvalue weighted by Crippen LogP contribution is 2.60. The molecule has 0 aromatic heterocycles. The monoisotopic (exact) mass is 568 g/mol. The van der Waals surface area contributed by atoms with Crippen molar-refractivity contribution in [1.82, 2.24) is 0 Å². The zero-order chi connectivity index (χ0) is 29.6. The smallest absolute Gasteiger partial charge is 0.139 e. The molecule has 232 valence electrons. The lowest BCUT2D eigenvalue weighted by Gasteiger charge is -2.45. The Bertz CT molecular complexity index is 958. The minimum atomic E-state index is -0.649. The van der Waals surface area contributed by atoms with Crippen molar-refractivity contribution < 1.29 is 20.1 Å². The first-order chi connectivity index (χ1) is 19.6. The second-order valence-electron chi connectivity index (χ2n) is 14.7. The second-order valence-corrected chi connectivity index (χ2v) is 14.7. The molecule has 41 heavy (non-hydrogen) atoms. The zero-order valence-electron chi connectivity index (χ0n) is 26.5. The molecule has 0 aromatic carbocycles. The number of carbonyl (C=O) groups excluding carboxylic acids is 1. The fourth-order valence-electron chi connectivity index (χ4n) is 8.89. The molecule has 0 saturated heterocycles. The highest BCUT2D eigenvalue weighted by atomic mass is 16.3. The van der Waals surface area contributed by atoms with Gasteiger partial charge in [0.1, 0.15) is 5.78 Å². The fourth-order valence-corrected chi connectivity index (χ4v) is 8.89. The Kier molecular flexibility index (Phi) is 11.6. The van der Waals surface area contributed by atoms with Crippen LogP contribution < -0.4 is 0 Å². The number of hydrogen-bond acceptors (Lipinski definition) is 4. The van der Waals surface area contributed by atoms with Crippen molar-refractivity contribution in [2.24, 2.45) is 28.6 Å². The van der Waals surface area contributed by atoms with Gasteiger partial charge < -0.3 is 15.3 Å². The van der Waals surface area contributed by atoms with Crippen molar-refractivity contribution in [1.29, 1.82) is 0 Å². The van der Waals surface area contributed by atoms with Gasteiger partial charge in [0.05, 0.1) is 18.3 Å². The van der Waals surface area contributed by atoms with Crippen LogP contribution in [0.25, 0.3) is 0 Å². The van der Waals surface area contributed by atoms with E-state index in [4.69, 9.17) is 0 Å². The summed E-state index contributed by atoms with van der Waals surface area (Å²) in [5, 5.41) is 31.8. The quantitative estimate of drug-likeness (QED) is 0.173. The summed E-state index contributed by atoms with van der Waals surface area (Å²) in [6.45, 7) is 11.0. The van der Waals surface area contributed by atoms with Gasteiger partial charge in [0, 0.05) is 18.3 Å². The molecule has 4 heteroatoms. The van der Waals surface area contributed by atoms with Crippen LogP contribution in [-0.2, 0) is 4.79 Å². The number of aliphatic hydroxyl groups excluding tert-OH is 3. The molecule has 0 heterocycles. The van der Waals surface area contributed by atoms with E-state index in [1.807, 2.05) is 0 Å². The molecule has 4 fully saturated rings. The first-order valence-electron chi connectivity index (χ1n) is 17.3. The molecule has 0 aliphatic heterocycles. The normalized spacial score (nSPS) is 34.5. The minimum absolute atomic E-state index is 0.121. The maximum Gasteiger partial charge on any atom is 0.139 e. The molecule has 4 aliphatic carbocycles. The summed E-state index contributed by atoms with van der Waals surface area (Å²) in [6.07, 6.45) is 22.7. The van der Waals surface area contributed by atoms with Crippen LogP contribution >= 0.6 is 0 Å². The summed E-state index contributed by atoms with van der Waals surface area (Å²) in [5.41, 5.74) is 3.29. The standard InChI is InChI=1S/C37H60O4/c1-5-6-7-8-9-10-11-14-35(41)37(22-23-37)21-19-33(39)27(3)31-17-18-32-28(13-12-20-36(31,32)4)15-16-29-24-30(38)25-34(40)26(29)2/h15-16,27,30-34,38-40H,2,5-14,17-25H2,1,3-4H3/t27-,30+,31+,32-,33-,34-,36+/m0/s1.